The molecule has 2 aromatic carbocycles. The zero-order chi connectivity index (χ0) is 26.6. The second kappa shape index (κ2) is 13.6. The third-order valence-electron chi connectivity index (χ3n) is 5.08. The molecule has 0 unspecified atom stereocenters. The van der Waals surface area contributed by atoms with E-state index in [4.69, 9.17) is 21.4 Å². The molecule has 0 aliphatic heterocycles. The molecule has 3 rings (SSSR count). The first-order valence-corrected chi connectivity index (χ1v) is 11.6. The minimum Gasteiger partial charge on any atom is -0.487 e. The highest BCUT2D eigenvalue weighted by molar-refractivity contribution is 6.30. The number of aromatic nitrogens is 1. The van der Waals surface area contributed by atoms with Gasteiger partial charge >= 0.3 is 12.0 Å². The number of carbonyl (C=O) groups is 3. The van der Waals surface area contributed by atoms with E-state index in [0.717, 1.165) is 11.3 Å². The number of carboxylic acids is 1. The predicted octanol–water partition coefficient (Wildman–Crippen LogP) is 4.08. The Morgan fingerprint density at radius 2 is 1.84 bits per heavy atom. The van der Waals surface area contributed by atoms with Crippen molar-refractivity contribution >= 4 is 41.7 Å². The van der Waals surface area contributed by atoms with Crippen molar-refractivity contribution in [3.05, 3.63) is 89.2 Å². The van der Waals surface area contributed by atoms with Gasteiger partial charge in [-0.1, -0.05) is 29.8 Å². The molecular weight excluding hydrogens is 498 g/mol. The number of hydrogen-bond acceptors (Lipinski definition) is 6. The number of halogens is 1. The van der Waals surface area contributed by atoms with Crippen LogP contribution in [0.5, 0.6) is 5.75 Å². The fourth-order valence-corrected chi connectivity index (χ4v) is 3.17. The molecular formula is C26H26ClN5O5. The van der Waals surface area contributed by atoms with Crippen LogP contribution in [0.3, 0.4) is 0 Å². The molecule has 0 saturated carbocycles. The normalized spacial score (nSPS) is 10.9. The number of amides is 3. The molecule has 0 fully saturated rings. The number of ether oxygens (including phenoxy) is 1. The molecule has 3 aromatic rings. The van der Waals surface area contributed by atoms with Crippen LogP contribution < -0.4 is 10.1 Å². The van der Waals surface area contributed by atoms with Crippen LogP contribution >= 0.6 is 11.6 Å². The number of nitrogens with one attached hydrogen (secondary N) is 1. The number of urea groups is 1. The van der Waals surface area contributed by atoms with Gasteiger partial charge in [-0.25, -0.2) is 9.79 Å². The van der Waals surface area contributed by atoms with Crippen molar-refractivity contribution in [2.45, 2.75) is 19.6 Å². The van der Waals surface area contributed by atoms with E-state index in [2.05, 4.69) is 15.3 Å². The van der Waals surface area contributed by atoms with Gasteiger partial charge in [0.05, 0.1) is 24.3 Å². The molecule has 10 nitrogen and oxygen atoms in total. The molecule has 0 bridgehead atoms. The standard InChI is InChI=1S/C26H26ClN5O5/c1-31(15-13-24(34)35)26(36)30-25(32(18-33)16-19-5-7-20(27)8-6-19)29-21-9-11-23(12-10-21)37-17-22-4-2-3-14-28-22/h2-12,14,18H,13,15-17H2,1H3,(H,34,35)(H,29,30,36). The summed E-state index contributed by atoms with van der Waals surface area (Å²) in [5, 5.41) is 12.1. The summed E-state index contributed by atoms with van der Waals surface area (Å²) in [5.41, 5.74) is 2.00. The summed E-state index contributed by atoms with van der Waals surface area (Å²) in [7, 11) is 1.45. The van der Waals surface area contributed by atoms with Gasteiger partial charge in [-0.05, 0) is 54.1 Å². The van der Waals surface area contributed by atoms with E-state index >= 15 is 0 Å². The van der Waals surface area contributed by atoms with Crippen LogP contribution in [-0.4, -0.2) is 57.9 Å². The Balaban J connectivity index is 1.79. The summed E-state index contributed by atoms with van der Waals surface area (Å²) in [5.74, 6) is -0.465. The van der Waals surface area contributed by atoms with Gasteiger partial charge in [0.2, 0.25) is 12.4 Å². The van der Waals surface area contributed by atoms with Gasteiger partial charge in [-0.2, -0.15) is 0 Å². The molecule has 0 aliphatic carbocycles. The maximum atomic E-state index is 12.7. The quantitative estimate of drug-likeness (QED) is 0.234. The average molecular weight is 524 g/mol. The van der Waals surface area contributed by atoms with Gasteiger partial charge in [-0.15, -0.1) is 0 Å². The van der Waals surface area contributed by atoms with Gasteiger partial charge in [0.15, 0.2) is 0 Å². The van der Waals surface area contributed by atoms with E-state index in [-0.39, 0.29) is 25.5 Å². The Hall–Kier alpha value is -4.44. The van der Waals surface area contributed by atoms with E-state index in [1.54, 1.807) is 54.7 Å². The van der Waals surface area contributed by atoms with Crippen LogP contribution in [0, 0.1) is 0 Å². The van der Waals surface area contributed by atoms with Crippen LogP contribution in [0.25, 0.3) is 0 Å². The van der Waals surface area contributed by atoms with Gasteiger partial charge in [0.25, 0.3) is 0 Å². The lowest BCUT2D eigenvalue weighted by Crippen LogP contribution is -2.48. The molecule has 1 heterocycles. The molecule has 37 heavy (non-hydrogen) atoms. The van der Waals surface area contributed by atoms with Crippen LogP contribution in [0.1, 0.15) is 17.7 Å². The number of aliphatic carboxylic acids is 1. The maximum Gasteiger partial charge on any atom is 0.323 e. The Morgan fingerprint density at radius 1 is 1.11 bits per heavy atom. The number of aliphatic imine (C=N–C) groups is 1. The smallest absolute Gasteiger partial charge is 0.323 e. The number of hydrogen-bond donors (Lipinski definition) is 2. The summed E-state index contributed by atoms with van der Waals surface area (Å²) in [6.07, 6.45) is 2.02. The summed E-state index contributed by atoms with van der Waals surface area (Å²) in [6, 6.07) is 18.6. The summed E-state index contributed by atoms with van der Waals surface area (Å²) < 4.78 is 5.74. The van der Waals surface area contributed by atoms with Crippen molar-refractivity contribution in [1.29, 1.82) is 0 Å². The van der Waals surface area contributed by atoms with E-state index < -0.39 is 12.0 Å². The van der Waals surface area contributed by atoms with Crippen LogP contribution in [0.2, 0.25) is 5.02 Å². The van der Waals surface area contributed by atoms with Crippen LogP contribution in [0.4, 0.5) is 10.5 Å². The molecule has 11 heteroatoms. The molecule has 3 amide bonds. The van der Waals surface area contributed by atoms with Gasteiger partial charge in [-0.3, -0.25) is 24.8 Å². The zero-order valence-electron chi connectivity index (χ0n) is 20.1. The first-order valence-electron chi connectivity index (χ1n) is 11.3. The average Bonchev–Trinajstić information content (AvgIpc) is 2.91. The van der Waals surface area contributed by atoms with Crippen LogP contribution in [-0.2, 0) is 22.7 Å². The third kappa shape index (κ3) is 8.93. The lowest BCUT2D eigenvalue weighted by atomic mass is 10.2. The number of benzene rings is 2. The molecule has 0 saturated heterocycles. The minimum atomic E-state index is -1.03. The first kappa shape index (κ1) is 27.2. The minimum absolute atomic E-state index is 0.0188. The highest BCUT2D eigenvalue weighted by Crippen LogP contribution is 2.20. The van der Waals surface area contributed by atoms with E-state index in [1.165, 1.54) is 16.8 Å². The molecule has 0 spiro atoms. The monoisotopic (exact) mass is 523 g/mol. The summed E-state index contributed by atoms with van der Waals surface area (Å²) in [6.45, 7) is 0.395. The number of carboxylic acid groups (broad SMARTS) is 1. The van der Waals surface area contributed by atoms with Crippen molar-refractivity contribution in [1.82, 2.24) is 20.1 Å². The van der Waals surface area contributed by atoms with Crippen molar-refractivity contribution in [3.63, 3.8) is 0 Å². The van der Waals surface area contributed by atoms with E-state index in [0.29, 0.717) is 29.5 Å². The first-order chi connectivity index (χ1) is 17.8. The van der Waals surface area contributed by atoms with Crippen molar-refractivity contribution < 1.29 is 24.2 Å². The molecule has 0 radical (unpaired) electrons. The Kier molecular flexibility index (Phi) is 9.98. The fraction of sp³-hybridized carbons (Fsp3) is 0.192. The topological polar surface area (TPSA) is 124 Å². The van der Waals surface area contributed by atoms with Crippen molar-refractivity contribution in [2.24, 2.45) is 4.99 Å². The second-order valence-corrected chi connectivity index (χ2v) is 8.33. The molecule has 192 valence electrons. The Bertz CT molecular complexity index is 1220. The molecule has 0 aliphatic rings. The molecule has 2 N–H and O–H groups in total. The number of rotatable bonds is 10. The fourth-order valence-electron chi connectivity index (χ4n) is 3.05. The lowest BCUT2D eigenvalue weighted by Gasteiger charge is -2.23. The lowest BCUT2D eigenvalue weighted by molar-refractivity contribution is -0.137. The van der Waals surface area contributed by atoms with E-state index in [1.807, 2.05) is 18.2 Å². The van der Waals surface area contributed by atoms with Gasteiger partial charge < -0.3 is 14.7 Å². The van der Waals surface area contributed by atoms with Crippen molar-refractivity contribution in [3.8, 4) is 5.75 Å². The highest BCUT2D eigenvalue weighted by atomic mass is 35.5. The Labute approximate surface area is 219 Å². The second-order valence-electron chi connectivity index (χ2n) is 7.89. The maximum absolute atomic E-state index is 12.7. The largest absolute Gasteiger partial charge is 0.487 e. The van der Waals surface area contributed by atoms with Gasteiger partial charge in [0, 0.05) is 24.8 Å². The zero-order valence-corrected chi connectivity index (χ0v) is 20.8. The number of carbonyl (C=O) groups excluding carboxylic acids is 2. The van der Waals surface area contributed by atoms with Gasteiger partial charge in [0.1, 0.15) is 12.4 Å². The van der Waals surface area contributed by atoms with Crippen molar-refractivity contribution in [2.75, 3.05) is 13.6 Å². The Morgan fingerprint density at radius 3 is 2.46 bits per heavy atom. The SMILES string of the molecule is CN(CCC(=O)O)C(=O)NC(=Nc1ccc(OCc2ccccn2)cc1)N(C=O)Cc1ccc(Cl)cc1. The molecule has 1 aromatic heterocycles. The summed E-state index contributed by atoms with van der Waals surface area (Å²) in [4.78, 5) is 46.7. The van der Waals surface area contributed by atoms with E-state index in [9.17, 15) is 14.4 Å². The number of guanidine groups is 1. The highest BCUT2D eigenvalue weighted by Gasteiger charge is 2.18. The molecule has 0 atom stereocenters. The summed E-state index contributed by atoms with van der Waals surface area (Å²) >= 11 is 5.95. The van der Waals surface area contributed by atoms with Crippen LogP contribution in [0.15, 0.2) is 77.9 Å². The predicted molar refractivity (Wildman–Crippen MR) is 139 cm³/mol. The number of pyridine rings is 1. The number of nitrogens with zero attached hydrogens (tertiary/aromatic N) is 4. The third-order valence-corrected chi connectivity index (χ3v) is 5.33.